The van der Waals surface area contributed by atoms with E-state index >= 15 is 0 Å². The van der Waals surface area contributed by atoms with Gasteiger partial charge in [0.2, 0.25) is 0 Å². The van der Waals surface area contributed by atoms with Crippen LogP contribution in [0, 0.1) is 0 Å². The summed E-state index contributed by atoms with van der Waals surface area (Å²) in [6.45, 7) is 2.25. The van der Waals surface area contributed by atoms with E-state index in [1.54, 1.807) is 24.8 Å². The molecule has 0 bridgehead atoms. The monoisotopic (exact) mass is 252 g/mol. The molecule has 4 heteroatoms. The molecule has 0 radical (unpaired) electrons. The Morgan fingerprint density at radius 1 is 1.41 bits per heavy atom. The van der Waals surface area contributed by atoms with Crippen molar-refractivity contribution in [3.8, 4) is 0 Å². The zero-order valence-corrected chi connectivity index (χ0v) is 10.6. The first-order valence-electron chi connectivity index (χ1n) is 5.42. The number of benzene rings is 1. The van der Waals surface area contributed by atoms with E-state index in [4.69, 9.17) is 9.84 Å². The largest absolute Gasteiger partial charge is 0.463 e. The topological polar surface area (TPSA) is 46.5 Å². The molecular formula is C13H16O3S. The summed E-state index contributed by atoms with van der Waals surface area (Å²) in [5.41, 5.74) is 0.899. The van der Waals surface area contributed by atoms with Crippen LogP contribution in [0.25, 0.3) is 0 Å². The Kier molecular flexibility index (Phi) is 6.43. The van der Waals surface area contributed by atoms with Crippen molar-refractivity contribution in [1.29, 1.82) is 0 Å². The van der Waals surface area contributed by atoms with Crippen molar-refractivity contribution in [1.82, 2.24) is 0 Å². The second-order valence-electron chi connectivity index (χ2n) is 3.27. The minimum Gasteiger partial charge on any atom is -0.463 e. The van der Waals surface area contributed by atoms with Gasteiger partial charge in [-0.1, -0.05) is 18.2 Å². The number of carbonyl (C=O) groups excluding carboxylic acids is 1. The summed E-state index contributed by atoms with van der Waals surface area (Å²) >= 11 is 1.62. The summed E-state index contributed by atoms with van der Waals surface area (Å²) in [7, 11) is 0. The lowest BCUT2D eigenvalue weighted by atomic mass is 10.2. The Labute approximate surface area is 105 Å². The predicted molar refractivity (Wildman–Crippen MR) is 68.9 cm³/mol. The van der Waals surface area contributed by atoms with Crippen molar-refractivity contribution < 1.29 is 14.6 Å². The molecular weight excluding hydrogens is 236 g/mol. The van der Waals surface area contributed by atoms with Gasteiger partial charge < -0.3 is 9.84 Å². The van der Waals surface area contributed by atoms with Crippen LogP contribution in [0.15, 0.2) is 41.3 Å². The maximum absolute atomic E-state index is 11.0. The van der Waals surface area contributed by atoms with Gasteiger partial charge in [0.15, 0.2) is 0 Å². The molecule has 0 aliphatic heterocycles. The first-order valence-corrected chi connectivity index (χ1v) is 6.40. The Hall–Kier alpha value is -1.26. The second kappa shape index (κ2) is 7.92. The summed E-state index contributed by atoms with van der Waals surface area (Å²) in [6.07, 6.45) is 3.22. The van der Waals surface area contributed by atoms with E-state index in [0.717, 1.165) is 16.2 Å². The third-order valence-corrected chi connectivity index (χ3v) is 2.96. The lowest BCUT2D eigenvalue weighted by Crippen LogP contribution is -1.98. The highest BCUT2D eigenvalue weighted by molar-refractivity contribution is 7.99. The summed E-state index contributed by atoms with van der Waals surface area (Å²) in [5, 5.41) is 8.88. The number of hydrogen-bond acceptors (Lipinski definition) is 4. The molecule has 1 aromatic rings. The maximum atomic E-state index is 11.0. The number of rotatable bonds is 6. The Morgan fingerprint density at radius 3 is 2.71 bits per heavy atom. The molecule has 0 saturated carbocycles. The van der Waals surface area contributed by atoms with Gasteiger partial charge in [0.25, 0.3) is 0 Å². The number of thioether (sulfide) groups is 1. The van der Waals surface area contributed by atoms with Gasteiger partial charge in [-0.25, -0.2) is 4.79 Å². The van der Waals surface area contributed by atoms with Crippen molar-refractivity contribution in [2.45, 2.75) is 18.4 Å². The molecule has 0 aliphatic rings. The van der Waals surface area contributed by atoms with E-state index < -0.39 is 0 Å². The fraction of sp³-hybridized carbons (Fsp3) is 0.308. The van der Waals surface area contributed by atoms with Gasteiger partial charge in [-0.15, -0.1) is 11.8 Å². The average molecular weight is 252 g/mol. The Morgan fingerprint density at radius 2 is 2.12 bits per heavy atom. The third-order valence-electron chi connectivity index (χ3n) is 1.99. The molecule has 0 aromatic heterocycles. The molecule has 17 heavy (non-hydrogen) atoms. The molecule has 0 saturated heterocycles. The van der Waals surface area contributed by atoms with Crippen LogP contribution in [0.1, 0.15) is 12.5 Å². The number of aliphatic hydroxyl groups is 1. The highest BCUT2D eigenvalue weighted by Gasteiger charge is 1.95. The van der Waals surface area contributed by atoms with E-state index in [9.17, 15) is 4.79 Å². The lowest BCUT2D eigenvalue weighted by molar-refractivity contribution is -0.137. The molecule has 1 N–H and O–H groups in total. The molecule has 3 nitrogen and oxygen atoms in total. The first-order chi connectivity index (χ1) is 8.26. The number of esters is 1. The minimum absolute atomic E-state index is 0.0632. The van der Waals surface area contributed by atoms with Crippen LogP contribution in [0.2, 0.25) is 0 Å². The van der Waals surface area contributed by atoms with Crippen LogP contribution >= 0.6 is 11.8 Å². The first kappa shape index (κ1) is 13.8. The maximum Gasteiger partial charge on any atom is 0.330 e. The summed E-state index contributed by atoms with van der Waals surface area (Å²) in [5.74, 6) is 0.417. The van der Waals surface area contributed by atoms with E-state index in [1.165, 1.54) is 6.08 Å². The number of aliphatic hydroxyl groups excluding tert-OH is 1. The van der Waals surface area contributed by atoms with Crippen LogP contribution in [0.5, 0.6) is 0 Å². The van der Waals surface area contributed by atoms with E-state index in [1.807, 2.05) is 24.3 Å². The molecule has 0 unspecified atom stereocenters. The van der Waals surface area contributed by atoms with E-state index in [2.05, 4.69) is 0 Å². The van der Waals surface area contributed by atoms with Crippen LogP contribution in [-0.4, -0.2) is 23.4 Å². The smallest absolute Gasteiger partial charge is 0.330 e. The van der Waals surface area contributed by atoms with Crippen LogP contribution in [-0.2, 0) is 16.1 Å². The third kappa shape index (κ3) is 5.56. The normalized spacial score (nSPS) is 10.7. The lowest BCUT2D eigenvalue weighted by Gasteiger charge is -2.00. The quantitative estimate of drug-likeness (QED) is 0.480. The highest BCUT2D eigenvalue weighted by atomic mass is 32.2. The zero-order chi connectivity index (χ0) is 12.5. The molecule has 0 atom stereocenters. The fourth-order valence-electron chi connectivity index (χ4n) is 1.17. The SMILES string of the molecule is CCOC(=O)/C=C/CSc1ccc(CO)cc1. The molecule has 0 fully saturated rings. The van der Waals surface area contributed by atoms with Crippen molar-refractivity contribution in [3.63, 3.8) is 0 Å². The number of ether oxygens (including phenoxy) is 1. The van der Waals surface area contributed by atoms with Gasteiger partial charge >= 0.3 is 5.97 Å². The zero-order valence-electron chi connectivity index (χ0n) is 9.76. The van der Waals surface area contributed by atoms with Crippen LogP contribution in [0.3, 0.4) is 0 Å². The van der Waals surface area contributed by atoms with Crippen molar-refractivity contribution in [3.05, 3.63) is 42.0 Å². The van der Waals surface area contributed by atoms with E-state index in [-0.39, 0.29) is 12.6 Å². The van der Waals surface area contributed by atoms with Gasteiger partial charge in [-0.05, 0) is 24.6 Å². The molecule has 0 spiro atoms. The standard InChI is InChI=1S/C13H16O3S/c1-2-16-13(15)4-3-9-17-12-7-5-11(10-14)6-8-12/h3-8,14H,2,9-10H2,1H3/b4-3+. The molecule has 92 valence electrons. The van der Waals surface area contributed by atoms with Gasteiger partial charge in [0.1, 0.15) is 0 Å². The second-order valence-corrected chi connectivity index (χ2v) is 4.36. The summed E-state index contributed by atoms with van der Waals surface area (Å²) in [6, 6.07) is 7.68. The minimum atomic E-state index is -0.302. The van der Waals surface area contributed by atoms with E-state index in [0.29, 0.717) is 6.61 Å². The van der Waals surface area contributed by atoms with Crippen LogP contribution < -0.4 is 0 Å². The van der Waals surface area contributed by atoms with Crippen molar-refractivity contribution in [2.24, 2.45) is 0 Å². The van der Waals surface area contributed by atoms with Crippen LogP contribution in [0.4, 0.5) is 0 Å². The summed E-state index contributed by atoms with van der Waals surface area (Å²) in [4.78, 5) is 12.1. The van der Waals surface area contributed by atoms with Crippen molar-refractivity contribution in [2.75, 3.05) is 12.4 Å². The average Bonchev–Trinajstić information content (AvgIpc) is 2.36. The molecule has 0 aliphatic carbocycles. The molecule has 0 heterocycles. The predicted octanol–water partition coefficient (Wildman–Crippen LogP) is 2.39. The molecule has 1 rings (SSSR count). The Bertz CT molecular complexity index is 371. The summed E-state index contributed by atoms with van der Waals surface area (Å²) < 4.78 is 4.76. The van der Waals surface area contributed by atoms with Crippen molar-refractivity contribution >= 4 is 17.7 Å². The Balaban J connectivity index is 2.32. The van der Waals surface area contributed by atoms with Gasteiger partial charge in [-0.2, -0.15) is 0 Å². The highest BCUT2D eigenvalue weighted by Crippen LogP contribution is 2.18. The van der Waals surface area contributed by atoms with Gasteiger partial charge in [-0.3, -0.25) is 0 Å². The number of carbonyl (C=O) groups is 1. The molecule has 0 amide bonds. The molecule has 1 aromatic carbocycles. The van der Waals surface area contributed by atoms with Gasteiger partial charge in [0.05, 0.1) is 13.2 Å². The number of hydrogen-bond donors (Lipinski definition) is 1. The fourth-order valence-corrected chi connectivity index (χ4v) is 1.88. The van der Waals surface area contributed by atoms with Gasteiger partial charge in [0, 0.05) is 16.7 Å².